The zero-order valence-corrected chi connectivity index (χ0v) is 14.2. The molecule has 8 heteroatoms. The summed E-state index contributed by atoms with van der Waals surface area (Å²) in [6.45, 7) is 0. The van der Waals surface area contributed by atoms with E-state index in [4.69, 9.17) is 40.2 Å². The topological polar surface area (TPSA) is 70.6 Å². The second-order valence-electron chi connectivity index (χ2n) is 4.42. The number of aromatic hydroxyl groups is 1. The summed E-state index contributed by atoms with van der Waals surface area (Å²) in [6, 6.07) is 9.07. The lowest BCUT2D eigenvalue weighted by molar-refractivity contribution is 0.0977. The van der Waals surface area contributed by atoms with Gasteiger partial charge in [0.25, 0.3) is 5.91 Å². The average molecular weight is 371 g/mol. The molecule has 0 bridgehead atoms. The third kappa shape index (κ3) is 4.48. The Bertz CT molecular complexity index is 768. The first-order valence-electron chi connectivity index (χ1n) is 6.35. The van der Waals surface area contributed by atoms with E-state index < -0.39 is 5.91 Å². The predicted octanol–water partition coefficient (Wildman–Crippen LogP) is 3.83. The van der Waals surface area contributed by atoms with Gasteiger partial charge in [-0.3, -0.25) is 10.1 Å². The Balaban J connectivity index is 2.07. The minimum Gasteiger partial charge on any atom is -0.506 e. The SMILES string of the molecule is COc1ccc(O)c(NC(=S)NC(=O)c2ccc(Cl)c(Cl)c2)c1. The zero-order chi connectivity index (χ0) is 17.0. The molecule has 3 N–H and O–H groups in total. The van der Waals surface area contributed by atoms with Gasteiger partial charge in [-0.1, -0.05) is 23.2 Å². The average Bonchev–Trinajstić information content (AvgIpc) is 2.52. The van der Waals surface area contributed by atoms with Crippen LogP contribution in [0.3, 0.4) is 0 Å². The molecule has 0 radical (unpaired) electrons. The Kier molecular flexibility index (Phi) is 5.65. The van der Waals surface area contributed by atoms with E-state index in [1.807, 2.05) is 0 Å². The number of phenolic OH excluding ortho intramolecular Hbond substituents is 1. The summed E-state index contributed by atoms with van der Waals surface area (Å²) in [7, 11) is 1.50. The zero-order valence-electron chi connectivity index (χ0n) is 11.9. The molecule has 0 unspecified atom stereocenters. The van der Waals surface area contributed by atoms with Gasteiger partial charge < -0.3 is 15.2 Å². The smallest absolute Gasteiger partial charge is 0.257 e. The number of methoxy groups -OCH3 is 1. The van der Waals surface area contributed by atoms with E-state index in [1.54, 1.807) is 12.1 Å². The van der Waals surface area contributed by atoms with E-state index in [1.165, 1.54) is 31.4 Å². The van der Waals surface area contributed by atoms with Crippen molar-refractivity contribution in [1.82, 2.24) is 5.32 Å². The number of amides is 1. The molecule has 0 aliphatic rings. The summed E-state index contributed by atoms with van der Waals surface area (Å²) in [6.07, 6.45) is 0. The first-order valence-corrected chi connectivity index (χ1v) is 7.51. The van der Waals surface area contributed by atoms with E-state index in [-0.39, 0.29) is 15.9 Å². The van der Waals surface area contributed by atoms with Gasteiger partial charge in [0.15, 0.2) is 5.11 Å². The second-order valence-corrected chi connectivity index (χ2v) is 5.64. The van der Waals surface area contributed by atoms with Crippen molar-refractivity contribution in [3.63, 3.8) is 0 Å². The Morgan fingerprint density at radius 1 is 1.17 bits per heavy atom. The molecule has 0 fully saturated rings. The molecule has 2 rings (SSSR count). The molecule has 0 spiro atoms. The number of benzene rings is 2. The van der Waals surface area contributed by atoms with Gasteiger partial charge in [-0.05, 0) is 42.5 Å². The third-order valence-corrected chi connectivity index (χ3v) is 3.80. The lowest BCUT2D eigenvalue weighted by atomic mass is 10.2. The maximum absolute atomic E-state index is 12.1. The minimum atomic E-state index is -0.455. The fraction of sp³-hybridized carbons (Fsp3) is 0.0667. The molecule has 23 heavy (non-hydrogen) atoms. The Labute approximate surface area is 148 Å². The Morgan fingerprint density at radius 3 is 2.57 bits per heavy atom. The molecule has 1 amide bonds. The van der Waals surface area contributed by atoms with Crippen LogP contribution in [0.25, 0.3) is 0 Å². The molecule has 2 aromatic carbocycles. The number of carbonyl (C=O) groups is 1. The Hall–Kier alpha value is -2.02. The summed E-state index contributed by atoms with van der Waals surface area (Å²) >= 11 is 16.7. The van der Waals surface area contributed by atoms with Crippen molar-refractivity contribution in [3.05, 3.63) is 52.0 Å². The first-order chi connectivity index (χ1) is 10.9. The number of hydrogen-bond donors (Lipinski definition) is 3. The van der Waals surface area contributed by atoms with Crippen LogP contribution in [0.2, 0.25) is 10.0 Å². The van der Waals surface area contributed by atoms with Crippen molar-refractivity contribution in [2.24, 2.45) is 0 Å². The highest BCUT2D eigenvalue weighted by Crippen LogP contribution is 2.27. The number of hydrogen-bond acceptors (Lipinski definition) is 4. The fourth-order valence-electron chi connectivity index (χ4n) is 1.71. The van der Waals surface area contributed by atoms with E-state index >= 15 is 0 Å². The number of nitrogens with one attached hydrogen (secondary N) is 2. The minimum absolute atomic E-state index is 0.0182. The highest BCUT2D eigenvalue weighted by atomic mass is 35.5. The van der Waals surface area contributed by atoms with Gasteiger partial charge in [-0.25, -0.2) is 0 Å². The predicted molar refractivity (Wildman–Crippen MR) is 94.8 cm³/mol. The molecule has 0 saturated heterocycles. The maximum atomic E-state index is 12.1. The molecule has 5 nitrogen and oxygen atoms in total. The summed E-state index contributed by atoms with van der Waals surface area (Å²) in [5.41, 5.74) is 0.613. The van der Waals surface area contributed by atoms with Crippen LogP contribution in [0.4, 0.5) is 5.69 Å². The second kappa shape index (κ2) is 7.50. The van der Waals surface area contributed by atoms with Gasteiger partial charge in [0.1, 0.15) is 11.5 Å². The lowest BCUT2D eigenvalue weighted by Crippen LogP contribution is -2.34. The van der Waals surface area contributed by atoms with Crippen molar-refractivity contribution >= 4 is 52.1 Å². The lowest BCUT2D eigenvalue weighted by Gasteiger charge is -2.12. The van der Waals surface area contributed by atoms with Crippen LogP contribution in [0.1, 0.15) is 10.4 Å². The van der Waals surface area contributed by atoms with Gasteiger partial charge in [0, 0.05) is 11.6 Å². The highest BCUT2D eigenvalue weighted by Gasteiger charge is 2.11. The number of rotatable bonds is 3. The molecule has 0 atom stereocenters. The summed E-state index contributed by atoms with van der Waals surface area (Å²) in [5, 5.41) is 15.6. The van der Waals surface area contributed by atoms with E-state index in [9.17, 15) is 9.90 Å². The van der Waals surface area contributed by atoms with Crippen LogP contribution in [0.15, 0.2) is 36.4 Å². The quantitative estimate of drug-likeness (QED) is 0.565. The van der Waals surface area contributed by atoms with Gasteiger partial charge in [-0.2, -0.15) is 0 Å². The maximum Gasteiger partial charge on any atom is 0.257 e. The van der Waals surface area contributed by atoms with Crippen LogP contribution in [0, 0.1) is 0 Å². The monoisotopic (exact) mass is 370 g/mol. The number of anilines is 1. The van der Waals surface area contributed by atoms with Crippen LogP contribution in [-0.4, -0.2) is 23.2 Å². The summed E-state index contributed by atoms with van der Waals surface area (Å²) in [5.74, 6) is 0.0456. The highest BCUT2D eigenvalue weighted by molar-refractivity contribution is 7.80. The first kappa shape index (κ1) is 17.3. The number of phenols is 1. The van der Waals surface area contributed by atoms with Crippen molar-refractivity contribution in [2.45, 2.75) is 0 Å². The Morgan fingerprint density at radius 2 is 1.91 bits per heavy atom. The standard InChI is InChI=1S/C15H12Cl2N2O3S/c1-22-9-3-5-13(20)12(7-9)18-15(23)19-14(21)8-2-4-10(16)11(17)6-8/h2-7,20H,1H3,(H2,18,19,21,23). The van der Waals surface area contributed by atoms with Crippen molar-refractivity contribution in [1.29, 1.82) is 0 Å². The number of thiocarbonyl (C=S) groups is 1. The van der Waals surface area contributed by atoms with Gasteiger partial charge in [-0.15, -0.1) is 0 Å². The normalized spacial score (nSPS) is 10.0. The third-order valence-electron chi connectivity index (χ3n) is 2.86. The van der Waals surface area contributed by atoms with Crippen LogP contribution in [0.5, 0.6) is 11.5 Å². The molecule has 120 valence electrons. The molecule has 0 aromatic heterocycles. The van der Waals surface area contributed by atoms with Gasteiger partial charge in [0.05, 0.1) is 22.8 Å². The molecular weight excluding hydrogens is 359 g/mol. The van der Waals surface area contributed by atoms with Gasteiger partial charge >= 0.3 is 0 Å². The number of carbonyl (C=O) groups excluding carboxylic acids is 1. The van der Waals surface area contributed by atoms with E-state index in [2.05, 4.69) is 10.6 Å². The van der Waals surface area contributed by atoms with Crippen LogP contribution < -0.4 is 15.4 Å². The number of ether oxygens (including phenoxy) is 1. The van der Waals surface area contributed by atoms with Crippen LogP contribution >= 0.6 is 35.4 Å². The molecule has 0 saturated carbocycles. The van der Waals surface area contributed by atoms with Crippen LogP contribution in [-0.2, 0) is 0 Å². The summed E-state index contributed by atoms with van der Waals surface area (Å²) in [4.78, 5) is 12.1. The molecule has 0 heterocycles. The molecule has 2 aromatic rings. The van der Waals surface area contributed by atoms with E-state index in [0.29, 0.717) is 22.0 Å². The fourth-order valence-corrected chi connectivity index (χ4v) is 2.21. The molecule has 0 aliphatic heterocycles. The van der Waals surface area contributed by atoms with Gasteiger partial charge in [0.2, 0.25) is 0 Å². The van der Waals surface area contributed by atoms with Crippen molar-refractivity contribution in [2.75, 3.05) is 12.4 Å². The van der Waals surface area contributed by atoms with Crippen molar-refractivity contribution < 1.29 is 14.6 Å². The largest absolute Gasteiger partial charge is 0.506 e. The number of halogens is 2. The summed E-state index contributed by atoms with van der Waals surface area (Å²) < 4.78 is 5.06. The molecular formula is C15H12Cl2N2O3S. The van der Waals surface area contributed by atoms with E-state index in [0.717, 1.165) is 0 Å². The molecule has 0 aliphatic carbocycles. The van der Waals surface area contributed by atoms with Crippen molar-refractivity contribution in [3.8, 4) is 11.5 Å².